The minimum Gasteiger partial charge on any atom is -0.478 e. The fourth-order valence-corrected chi connectivity index (χ4v) is 4.43. The second-order valence-corrected chi connectivity index (χ2v) is 8.10. The van der Waals surface area contributed by atoms with Gasteiger partial charge in [0, 0.05) is 10.6 Å². The zero-order valence-electron chi connectivity index (χ0n) is 15.3. The van der Waals surface area contributed by atoms with Crippen LogP contribution in [0.4, 0.5) is 5.69 Å². The molecule has 1 aromatic carbocycles. The molecule has 3 rings (SSSR count). The van der Waals surface area contributed by atoms with Crippen molar-refractivity contribution in [3.05, 3.63) is 50.2 Å². The molecule has 1 amide bonds. The number of carboxylic acid groups (broad SMARTS) is 1. The molecule has 6 nitrogen and oxygen atoms in total. The van der Waals surface area contributed by atoms with Crippen molar-refractivity contribution >= 4 is 46.5 Å². The first kappa shape index (κ1) is 20.4. The third kappa shape index (κ3) is 4.54. The van der Waals surface area contributed by atoms with Gasteiger partial charge in [0.25, 0.3) is 5.91 Å². The largest absolute Gasteiger partial charge is 0.478 e. The maximum atomic E-state index is 12.5. The minimum atomic E-state index is -1.19. The third-order valence-electron chi connectivity index (χ3n) is 4.57. The Balaban J connectivity index is 1.68. The van der Waals surface area contributed by atoms with Crippen LogP contribution in [0.25, 0.3) is 0 Å². The van der Waals surface area contributed by atoms with Crippen LogP contribution in [0.3, 0.4) is 0 Å². The summed E-state index contributed by atoms with van der Waals surface area (Å²) in [5.41, 5.74) is 1.35. The molecule has 0 spiro atoms. The number of esters is 1. The highest BCUT2D eigenvalue weighted by atomic mass is 35.5. The van der Waals surface area contributed by atoms with Gasteiger partial charge in [0.1, 0.15) is 4.88 Å². The molecule has 1 aliphatic carbocycles. The number of anilines is 1. The number of ether oxygens (including phenoxy) is 1. The number of amides is 1. The Morgan fingerprint density at radius 1 is 1.25 bits per heavy atom. The zero-order chi connectivity index (χ0) is 20.3. The first-order valence-electron chi connectivity index (χ1n) is 9.05. The second kappa shape index (κ2) is 8.75. The summed E-state index contributed by atoms with van der Waals surface area (Å²) in [5.74, 6) is -2.22. The number of aryl methyl sites for hydroxylation is 2. The molecular weight excluding hydrogens is 402 g/mol. The Bertz CT molecular complexity index is 900. The fraction of sp³-hybridized carbons (Fsp3) is 0.350. The molecule has 1 unspecified atom stereocenters. The van der Waals surface area contributed by atoms with Crippen LogP contribution in [0.1, 0.15) is 56.7 Å². The van der Waals surface area contributed by atoms with Crippen LogP contribution in [-0.4, -0.2) is 29.1 Å². The summed E-state index contributed by atoms with van der Waals surface area (Å²) >= 11 is 7.27. The first-order valence-corrected chi connectivity index (χ1v) is 10.2. The number of rotatable bonds is 6. The van der Waals surface area contributed by atoms with Crippen molar-refractivity contribution in [2.75, 3.05) is 5.32 Å². The number of nitrogens with one attached hydrogen (secondary N) is 1. The van der Waals surface area contributed by atoms with Gasteiger partial charge in [0.15, 0.2) is 6.10 Å². The van der Waals surface area contributed by atoms with E-state index < -0.39 is 23.9 Å². The van der Waals surface area contributed by atoms with Crippen LogP contribution < -0.4 is 5.32 Å². The van der Waals surface area contributed by atoms with Gasteiger partial charge in [-0.25, -0.2) is 9.59 Å². The lowest BCUT2D eigenvalue weighted by molar-refractivity contribution is -0.124. The lowest BCUT2D eigenvalue weighted by Crippen LogP contribution is -2.32. The van der Waals surface area contributed by atoms with Gasteiger partial charge in [-0.05, 0) is 61.9 Å². The quantitative estimate of drug-likeness (QED) is 0.667. The van der Waals surface area contributed by atoms with Crippen molar-refractivity contribution in [1.82, 2.24) is 0 Å². The number of fused-ring (bicyclic) bond motifs is 1. The molecule has 0 saturated carbocycles. The molecule has 0 aliphatic heterocycles. The Morgan fingerprint density at radius 3 is 2.68 bits per heavy atom. The second-order valence-electron chi connectivity index (χ2n) is 6.56. The van der Waals surface area contributed by atoms with Crippen LogP contribution in [0.2, 0.25) is 5.02 Å². The molecule has 1 aliphatic rings. The molecule has 148 valence electrons. The van der Waals surface area contributed by atoms with E-state index in [-0.39, 0.29) is 16.3 Å². The summed E-state index contributed by atoms with van der Waals surface area (Å²) in [4.78, 5) is 37.9. The number of carboxylic acids is 1. The molecule has 2 N–H and O–H groups in total. The Morgan fingerprint density at radius 2 is 2.00 bits per heavy atom. The van der Waals surface area contributed by atoms with Gasteiger partial charge in [-0.1, -0.05) is 18.5 Å². The Labute approximate surface area is 171 Å². The van der Waals surface area contributed by atoms with Gasteiger partial charge in [-0.15, -0.1) is 11.3 Å². The first-order chi connectivity index (χ1) is 13.4. The number of thiophene rings is 1. The van der Waals surface area contributed by atoms with Gasteiger partial charge in [-0.3, -0.25) is 4.79 Å². The van der Waals surface area contributed by atoms with E-state index >= 15 is 0 Å². The SMILES string of the molecule is CCC(OC(=O)c1cc2c(s1)CCCC2)C(=O)Nc1ccc(Cl)c(C(=O)O)c1. The molecule has 0 radical (unpaired) electrons. The van der Waals surface area contributed by atoms with Crippen molar-refractivity contribution in [2.24, 2.45) is 0 Å². The Kier molecular flexibility index (Phi) is 6.36. The average Bonchev–Trinajstić information content (AvgIpc) is 3.11. The highest BCUT2D eigenvalue weighted by molar-refractivity contribution is 7.14. The molecule has 2 aromatic rings. The average molecular weight is 422 g/mol. The molecule has 8 heteroatoms. The normalized spacial score (nSPS) is 14.1. The van der Waals surface area contributed by atoms with Crippen molar-refractivity contribution in [3.8, 4) is 0 Å². The summed E-state index contributed by atoms with van der Waals surface area (Å²) < 4.78 is 5.42. The van der Waals surface area contributed by atoms with E-state index in [1.165, 1.54) is 40.0 Å². The van der Waals surface area contributed by atoms with E-state index in [2.05, 4.69) is 5.32 Å². The van der Waals surface area contributed by atoms with E-state index in [9.17, 15) is 14.4 Å². The van der Waals surface area contributed by atoms with Gasteiger partial charge < -0.3 is 15.2 Å². The minimum absolute atomic E-state index is 0.0747. The van der Waals surface area contributed by atoms with Gasteiger partial charge in [-0.2, -0.15) is 0 Å². The van der Waals surface area contributed by atoms with Crippen molar-refractivity contribution in [1.29, 1.82) is 0 Å². The summed E-state index contributed by atoms with van der Waals surface area (Å²) in [5, 5.41) is 11.8. The fourth-order valence-electron chi connectivity index (χ4n) is 3.09. The number of halogens is 1. The maximum absolute atomic E-state index is 12.5. The smallest absolute Gasteiger partial charge is 0.349 e. The topological polar surface area (TPSA) is 92.7 Å². The zero-order valence-corrected chi connectivity index (χ0v) is 16.9. The Hall–Kier alpha value is -2.38. The van der Waals surface area contributed by atoms with Crippen molar-refractivity contribution < 1.29 is 24.2 Å². The number of carbonyl (C=O) groups excluding carboxylic acids is 2. The van der Waals surface area contributed by atoms with Gasteiger partial charge in [0.05, 0.1) is 10.6 Å². The van der Waals surface area contributed by atoms with E-state index in [0.717, 1.165) is 25.7 Å². The van der Waals surface area contributed by atoms with E-state index in [4.69, 9.17) is 21.4 Å². The van der Waals surface area contributed by atoms with Crippen LogP contribution in [-0.2, 0) is 22.4 Å². The molecule has 1 heterocycles. The lowest BCUT2D eigenvalue weighted by atomic mass is 9.99. The number of benzene rings is 1. The predicted molar refractivity (Wildman–Crippen MR) is 107 cm³/mol. The summed E-state index contributed by atoms with van der Waals surface area (Å²) in [7, 11) is 0. The summed E-state index contributed by atoms with van der Waals surface area (Å²) in [6, 6.07) is 6.02. The monoisotopic (exact) mass is 421 g/mol. The van der Waals surface area contributed by atoms with Gasteiger partial charge >= 0.3 is 11.9 Å². The highest BCUT2D eigenvalue weighted by Crippen LogP contribution is 2.30. The number of aromatic carboxylic acids is 1. The van der Waals surface area contributed by atoms with E-state index in [0.29, 0.717) is 11.3 Å². The summed E-state index contributed by atoms with van der Waals surface area (Å²) in [6.07, 6.45) is 3.52. The summed E-state index contributed by atoms with van der Waals surface area (Å²) in [6.45, 7) is 1.74. The number of hydrogen-bond donors (Lipinski definition) is 2. The highest BCUT2D eigenvalue weighted by Gasteiger charge is 2.25. The maximum Gasteiger partial charge on any atom is 0.349 e. The van der Waals surface area contributed by atoms with Crippen LogP contribution in [0.15, 0.2) is 24.3 Å². The third-order valence-corrected chi connectivity index (χ3v) is 6.12. The molecule has 28 heavy (non-hydrogen) atoms. The lowest BCUT2D eigenvalue weighted by Gasteiger charge is -2.16. The van der Waals surface area contributed by atoms with E-state index in [1.54, 1.807) is 6.92 Å². The molecule has 0 saturated heterocycles. The van der Waals surface area contributed by atoms with E-state index in [1.807, 2.05) is 6.07 Å². The standard InChI is InChI=1S/C20H20ClNO5S/c1-2-15(18(23)22-12-7-8-14(21)13(10-12)19(24)25)27-20(26)17-9-11-5-3-4-6-16(11)28-17/h7-10,15H,2-6H2,1H3,(H,22,23)(H,24,25). The molecular formula is C20H20ClNO5S. The van der Waals surface area contributed by atoms with Crippen LogP contribution in [0.5, 0.6) is 0 Å². The molecule has 1 aromatic heterocycles. The van der Waals surface area contributed by atoms with Crippen LogP contribution in [0, 0.1) is 0 Å². The van der Waals surface area contributed by atoms with Gasteiger partial charge in [0.2, 0.25) is 0 Å². The molecule has 1 atom stereocenters. The van der Waals surface area contributed by atoms with Crippen molar-refractivity contribution in [2.45, 2.75) is 45.1 Å². The molecule has 0 bridgehead atoms. The van der Waals surface area contributed by atoms with Crippen molar-refractivity contribution in [3.63, 3.8) is 0 Å². The number of hydrogen-bond acceptors (Lipinski definition) is 5. The predicted octanol–water partition coefficient (Wildman–Crippen LogP) is 4.55. The van der Waals surface area contributed by atoms with Crippen LogP contribution >= 0.6 is 22.9 Å². The molecule has 0 fully saturated rings. The number of carbonyl (C=O) groups is 3.